The molecule has 3 nitrogen and oxygen atoms in total. The number of carbonyl (C=O) groups is 1. The van der Waals surface area contributed by atoms with Crippen LogP contribution >= 0.6 is 12.4 Å². The predicted molar refractivity (Wildman–Crippen MR) is 60.6 cm³/mol. The minimum atomic E-state index is -0.265. The van der Waals surface area contributed by atoms with Gasteiger partial charge in [0.25, 0.3) is 0 Å². The highest BCUT2D eigenvalue weighted by Gasteiger charge is 2.19. The summed E-state index contributed by atoms with van der Waals surface area (Å²) in [5.41, 5.74) is 1.85. The first kappa shape index (κ1) is 12.0. The number of benzene rings is 1. The lowest BCUT2D eigenvalue weighted by Crippen LogP contribution is -2.39. The summed E-state index contributed by atoms with van der Waals surface area (Å²) >= 11 is 0. The number of nitrogens with one attached hydrogen (secondary N) is 1. The number of methoxy groups -OCH3 is 1. The molecular weight excluding hydrogens is 214 g/mol. The predicted octanol–water partition coefficient (Wildman–Crippen LogP) is 1.58. The molecule has 0 bridgehead atoms. The number of halogens is 1. The minimum Gasteiger partial charge on any atom is -0.465 e. The summed E-state index contributed by atoms with van der Waals surface area (Å²) in [5.74, 6) is 0.290. The van der Waals surface area contributed by atoms with Crippen LogP contribution in [0.5, 0.6) is 0 Å². The Labute approximate surface area is 95.2 Å². The molecule has 0 amide bonds. The molecule has 0 unspecified atom stereocenters. The quantitative estimate of drug-likeness (QED) is 0.780. The SMILES string of the molecule is COC(=O)c1cccc(C2CNC2)c1.Cl. The van der Waals surface area contributed by atoms with Crippen molar-refractivity contribution in [2.75, 3.05) is 20.2 Å². The summed E-state index contributed by atoms with van der Waals surface area (Å²) in [5, 5.41) is 3.21. The molecule has 0 aliphatic carbocycles. The fourth-order valence-electron chi connectivity index (χ4n) is 1.56. The number of esters is 1. The molecule has 1 aromatic rings. The maximum Gasteiger partial charge on any atom is 0.337 e. The van der Waals surface area contributed by atoms with Crippen molar-refractivity contribution in [3.63, 3.8) is 0 Å². The highest BCUT2D eigenvalue weighted by molar-refractivity contribution is 5.89. The van der Waals surface area contributed by atoms with Crippen molar-refractivity contribution < 1.29 is 9.53 Å². The zero-order chi connectivity index (χ0) is 9.97. The maximum atomic E-state index is 11.3. The van der Waals surface area contributed by atoms with Crippen molar-refractivity contribution in [3.8, 4) is 0 Å². The first-order valence-corrected chi connectivity index (χ1v) is 4.70. The van der Waals surface area contributed by atoms with E-state index in [1.54, 1.807) is 6.07 Å². The Morgan fingerprint density at radius 3 is 2.73 bits per heavy atom. The zero-order valence-electron chi connectivity index (χ0n) is 8.53. The van der Waals surface area contributed by atoms with Gasteiger partial charge < -0.3 is 10.1 Å². The molecule has 15 heavy (non-hydrogen) atoms. The van der Waals surface area contributed by atoms with Gasteiger partial charge in [0.05, 0.1) is 12.7 Å². The number of hydrogen-bond acceptors (Lipinski definition) is 3. The first-order chi connectivity index (χ1) is 6.81. The molecule has 1 aliphatic heterocycles. The Kier molecular flexibility index (Phi) is 4.12. The van der Waals surface area contributed by atoms with E-state index in [0.717, 1.165) is 13.1 Å². The van der Waals surface area contributed by atoms with Crippen LogP contribution in [0.3, 0.4) is 0 Å². The van der Waals surface area contributed by atoms with Crippen molar-refractivity contribution >= 4 is 18.4 Å². The third-order valence-electron chi connectivity index (χ3n) is 2.56. The smallest absolute Gasteiger partial charge is 0.337 e. The molecule has 1 N–H and O–H groups in total. The minimum absolute atomic E-state index is 0. The molecule has 1 heterocycles. The number of carbonyl (C=O) groups excluding carboxylic acids is 1. The molecule has 1 saturated heterocycles. The van der Waals surface area contributed by atoms with Crippen LogP contribution in [0.15, 0.2) is 24.3 Å². The lowest BCUT2D eigenvalue weighted by Gasteiger charge is -2.27. The molecule has 82 valence electrons. The summed E-state index contributed by atoms with van der Waals surface area (Å²) < 4.78 is 4.67. The van der Waals surface area contributed by atoms with Gasteiger partial charge in [-0.2, -0.15) is 0 Å². The van der Waals surface area contributed by atoms with E-state index in [1.165, 1.54) is 12.7 Å². The van der Waals surface area contributed by atoms with Crippen LogP contribution in [0, 0.1) is 0 Å². The van der Waals surface area contributed by atoms with E-state index in [0.29, 0.717) is 11.5 Å². The van der Waals surface area contributed by atoms with E-state index in [1.807, 2.05) is 12.1 Å². The summed E-state index contributed by atoms with van der Waals surface area (Å²) in [6.45, 7) is 2.01. The van der Waals surface area contributed by atoms with Crippen molar-refractivity contribution in [3.05, 3.63) is 35.4 Å². The number of rotatable bonds is 2. The molecular formula is C11H14ClNO2. The van der Waals surface area contributed by atoms with Gasteiger partial charge in [-0.3, -0.25) is 0 Å². The third kappa shape index (κ3) is 2.49. The summed E-state index contributed by atoms with van der Waals surface area (Å²) in [7, 11) is 1.40. The summed E-state index contributed by atoms with van der Waals surface area (Å²) in [6.07, 6.45) is 0. The molecule has 0 atom stereocenters. The van der Waals surface area contributed by atoms with Gasteiger partial charge in [0.15, 0.2) is 0 Å². The van der Waals surface area contributed by atoms with Crippen molar-refractivity contribution in [1.82, 2.24) is 5.32 Å². The summed E-state index contributed by atoms with van der Waals surface area (Å²) in [6, 6.07) is 7.65. The normalized spacial score (nSPS) is 15.0. The fraction of sp³-hybridized carbons (Fsp3) is 0.364. The van der Waals surface area contributed by atoms with Crippen LogP contribution in [0.2, 0.25) is 0 Å². The highest BCUT2D eigenvalue weighted by Crippen LogP contribution is 2.20. The van der Waals surface area contributed by atoms with Crippen LogP contribution in [-0.4, -0.2) is 26.2 Å². The van der Waals surface area contributed by atoms with Crippen molar-refractivity contribution in [2.45, 2.75) is 5.92 Å². The van der Waals surface area contributed by atoms with Gasteiger partial charge in [-0.25, -0.2) is 4.79 Å². The van der Waals surface area contributed by atoms with Gasteiger partial charge in [0.2, 0.25) is 0 Å². The molecule has 0 radical (unpaired) electrons. The van der Waals surface area contributed by atoms with E-state index in [9.17, 15) is 4.79 Å². The van der Waals surface area contributed by atoms with Gasteiger partial charge in [-0.1, -0.05) is 12.1 Å². The van der Waals surface area contributed by atoms with Gasteiger partial charge in [0, 0.05) is 19.0 Å². The average molecular weight is 228 g/mol. The largest absolute Gasteiger partial charge is 0.465 e. The van der Waals surface area contributed by atoms with Crippen LogP contribution in [-0.2, 0) is 4.74 Å². The molecule has 1 aromatic carbocycles. The zero-order valence-corrected chi connectivity index (χ0v) is 9.34. The number of hydrogen-bond donors (Lipinski definition) is 1. The molecule has 2 rings (SSSR count). The second-order valence-corrected chi connectivity index (χ2v) is 3.47. The van der Waals surface area contributed by atoms with E-state index < -0.39 is 0 Å². The van der Waals surface area contributed by atoms with Crippen LogP contribution in [0.25, 0.3) is 0 Å². The molecule has 0 saturated carbocycles. The third-order valence-corrected chi connectivity index (χ3v) is 2.56. The monoisotopic (exact) mass is 227 g/mol. The van der Waals surface area contributed by atoms with Crippen LogP contribution in [0.4, 0.5) is 0 Å². The highest BCUT2D eigenvalue weighted by atomic mass is 35.5. The van der Waals surface area contributed by atoms with Gasteiger partial charge in [0.1, 0.15) is 0 Å². The Bertz CT molecular complexity index is 350. The van der Waals surface area contributed by atoms with Gasteiger partial charge in [-0.15, -0.1) is 12.4 Å². The Morgan fingerprint density at radius 1 is 1.47 bits per heavy atom. The Hall–Kier alpha value is -1.06. The second kappa shape index (κ2) is 5.14. The van der Waals surface area contributed by atoms with E-state index >= 15 is 0 Å². The average Bonchev–Trinajstić information content (AvgIpc) is 2.14. The van der Waals surface area contributed by atoms with E-state index in [4.69, 9.17) is 0 Å². The van der Waals surface area contributed by atoms with Crippen molar-refractivity contribution in [2.24, 2.45) is 0 Å². The standard InChI is InChI=1S/C11H13NO2.ClH/c1-14-11(13)9-4-2-3-8(5-9)10-6-12-7-10;/h2-5,10,12H,6-7H2,1H3;1H. The Morgan fingerprint density at radius 2 is 2.20 bits per heavy atom. The Balaban J connectivity index is 0.00000112. The van der Waals surface area contributed by atoms with E-state index in [-0.39, 0.29) is 18.4 Å². The molecule has 4 heteroatoms. The van der Waals surface area contributed by atoms with Crippen molar-refractivity contribution in [1.29, 1.82) is 0 Å². The fourth-order valence-corrected chi connectivity index (χ4v) is 1.56. The lowest BCUT2D eigenvalue weighted by molar-refractivity contribution is 0.0600. The van der Waals surface area contributed by atoms with E-state index in [2.05, 4.69) is 16.1 Å². The first-order valence-electron chi connectivity index (χ1n) is 4.70. The lowest BCUT2D eigenvalue weighted by atomic mass is 9.92. The van der Waals surface area contributed by atoms with Crippen LogP contribution < -0.4 is 5.32 Å². The molecule has 0 aromatic heterocycles. The molecule has 0 spiro atoms. The maximum absolute atomic E-state index is 11.3. The molecule has 1 fully saturated rings. The summed E-state index contributed by atoms with van der Waals surface area (Å²) in [4.78, 5) is 11.3. The topological polar surface area (TPSA) is 38.3 Å². The van der Waals surface area contributed by atoms with Gasteiger partial charge in [-0.05, 0) is 17.7 Å². The van der Waals surface area contributed by atoms with Gasteiger partial charge >= 0.3 is 5.97 Å². The second-order valence-electron chi connectivity index (χ2n) is 3.47. The molecule has 1 aliphatic rings. The van der Waals surface area contributed by atoms with Crippen LogP contribution in [0.1, 0.15) is 21.8 Å². The number of ether oxygens (including phenoxy) is 1.